The Balaban J connectivity index is 2.01. The summed E-state index contributed by atoms with van der Waals surface area (Å²) >= 11 is 6.38. The summed E-state index contributed by atoms with van der Waals surface area (Å²) in [5.41, 5.74) is 5.16. The molecule has 1 N–H and O–H groups in total. The molecular formula is C21H19ClN2. The van der Waals surface area contributed by atoms with E-state index in [1.807, 2.05) is 48.5 Å². The van der Waals surface area contributed by atoms with Gasteiger partial charge in [-0.15, -0.1) is 0 Å². The Bertz CT molecular complexity index is 850. The summed E-state index contributed by atoms with van der Waals surface area (Å²) < 4.78 is 0. The molecule has 0 heterocycles. The van der Waals surface area contributed by atoms with E-state index >= 15 is 0 Å². The van der Waals surface area contributed by atoms with Crippen LogP contribution in [0.1, 0.15) is 16.7 Å². The summed E-state index contributed by atoms with van der Waals surface area (Å²) in [5.74, 6) is 0.730. The molecule has 0 saturated heterocycles. The van der Waals surface area contributed by atoms with Gasteiger partial charge in [0.05, 0.1) is 10.7 Å². The van der Waals surface area contributed by atoms with Crippen LogP contribution in [0.5, 0.6) is 0 Å². The number of aliphatic imine (C=N–C) groups is 1. The van der Waals surface area contributed by atoms with Crippen LogP contribution in [0, 0.1) is 13.8 Å². The second kappa shape index (κ2) is 7.33. The lowest BCUT2D eigenvalue weighted by Crippen LogP contribution is -2.14. The number of nitrogens with one attached hydrogen (secondary N) is 1. The molecule has 0 aromatic heterocycles. The van der Waals surface area contributed by atoms with Gasteiger partial charge in [-0.2, -0.15) is 0 Å². The first-order valence-electron chi connectivity index (χ1n) is 7.86. The van der Waals surface area contributed by atoms with E-state index in [4.69, 9.17) is 16.6 Å². The normalized spacial score (nSPS) is 11.4. The van der Waals surface area contributed by atoms with Crippen LogP contribution in [0.25, 0.3) is 0 Å². The minimum absolute atomic E-state index is 0.669. The quantitative estimate of drug-likeness (QED) is 0.451. The number of amidine groups is 1. The number of hydrogen-bond donors (Lipinski definition) is 1. The van der Waals surface area contributed by atoms with Crippen molar-refractivity contribution in [1.82, 2.24) is 0 Å². The third kappa shape index (κ3) is 4.03. The van der Waals surface area contributed by atoms with Crippen LogP contribution in [0.4, 0.5) is 11.4 Å². The Morgan fingerprint density at radius 2 is 1.38 bits per heavy atom. The smallest absolute Gasteiger partial charge is 0.139 e. The molecule has 0 fully saturated rings. The van der Waals surface area contributed by atoms with E-state index in [1.165, 1.54) is 11.1 Å². The Labute approximate surface area is 147 Å². The molecule has 0 aliphatic rings. The third-order valence-corrected chi connectivity index (χ3v) is 4.05. The number of hydrogen-bond acceptors (Lipinski definition) is 1. The number of halogens is 1. The van der Waals surface area contributed by atoms with Crippen molar-refractivity contribution in [3.05, 3.63) is 94.5 Å². The fraction of sp³-hybridized carbons (Fsp3) is 0.0952. The molecule has 3 rings (SSSR count). The van der Waals surface area contributed by atoms with Crippen molar-refractivity contribution in [2.24, 2.45) is 4.99 Å². The van der Waals surface area contributed by atoms with E-state index in [9.17, 15) is 0 Å². The molecule has 0 amide bonds. The van der Waals surface area contributed by atoms with Crippen molar-refractivity contribution in [3.63, 3.8) is 0 Å². The topological polar surface area (TPSA) is 24.4 Å². The summed E-state index contributed by atoms with van der Waals surface area (Å²) in [4.78, 5) is 4.77. The molecule has 120 valence electrons. The molecule has 0 saturated carbocycles. The van der Waals surface area contributed by atoms with Gasteiger partial charge in [-0.25, -0.2) is 4.99 Å². The van der Waals surface area contributed by atoms with E-state index in [0.29, 0.717) is 5.02 Å². The second-order valence-electron chi connectivity index (χ2n) is 5.77. The van der Waals surface area contributed by atoms with Gasteiger partial charge in [0.25, 0.3) is 0 Å². The Kier molecular flexibility index (Phi) is 4.97. The molecular weight excluding hydrogens is 316 g/mol. The van der Waals surface area contributed by atoms with Crippen LogP contribution in [0.15, 0.2) is 77.8 Å². The first-order valence-corrected chi connectivity index (χ1v) is 8.23. The first-order chi connectivity index (χ1) is 11.6. The summed E-state index contributed by atoms with van der Waals surface area (Å²) in [7, 11) is 0. The number of rotatable bonds is 3. The average molecular weight is 335 g/mol. The molecule has 3 heteroatoms. The molecule has 3 aromatic rings. The maximum atomic E-state index is 6.38. The lowest BCUT2D eigenvalue weighted by molar-refractivity contribution is 1.41. The van der Waals surface area contributed by atoms with Gasteiger partial charge in [0.2, 0.25) is 0 Å². The van der Waals surface area contributed by atoms with E-state index in [-0.39, 0.29) is 0 Å². The minimum Gasteiger partial charge on any atom is -0.340 e. The molecule has 3 aromatic carbocycles. The molecule has 0 bridgehead atoms. The van der Waals surface area contributed by atoms with Crippen LogP contribution >= 0.6 is 11.6 Å². The molecule has 0 aliphatic carbocycles. The van der Waals surface area contributed by atoms with Crippen molar-refractivity contribution >= 4 is 28.8 Å². The van der Waals surface area contributed by atoms with Gasteiger partial charge < -0.3 is 5.32 Å². The maximum Gasteiger partial charge on any atom is 0.139 e. The van der Waals surface area contributed by atoms with Crippen molar-refractivity contribution < 1.29 is 0 Å². The van der Waals surface area contributed by atoms with E-state index < -0.39 is 0 Å². The number of benzene rings is 3. The van der Waals surface area contributed by atoms with Crippen LogP contribution < -0.4 is 5.32 Å². The molecule has 2 nitrogen and oxygen atoms in total. The van der Waals surface area contributed by atoms with Gasteiger partial charge in [-0.05, 0) is 50.2 Å². The Morgan fingerprint density at radius 3 is 2.00 bits per heavy atom. The largest absolute Gasteiger partial charge is 0.340 e. The van der Waals surface area contributed by atoms with Crippen molar-refractivity contribution in [2.45, 2.75) is 13.8 Å². The van der Waals surface area contributed by atoms with Crippen LogP contribution in [0.2, 0.25) is 5.02 Å². The maximum absolute atomic E-state index is 6.38. The van der Waals surface area contributed by atoms with Gasteiger partial charge in [-0.1, -0.05) is 59.1 Å². The fourth-order valence-electron chi connectivity index (χ4n) is 2.33. The standard InChI is InChI=1S/C21H19ClN2/c1-15-7-11-17(12-8-15)23-21(19-5-3-4-6-20(19)22)24-18-13-9-16(2)10-14-18/h3-14H,1-2H3,(H,23,24). The van der Waals surface area contributed by atoms with Crippen molar-refractivity contribution in [1.29, 1.82) is 0 Å². The second-order valence-corrected chi connectivity index (χ2v) is 6.17. The van der Waals surface area contributed by atoms with E-state index in [1.54, 1.807) is 0 Å². The van der Waals surface area contributed by atoms with Gasteiger partial charge in [0.15, 0.2) is 0 Å². The van der Waals surface area contributed by atoms with Crippen LogP contribution in [0.3, 0.4) is 0 Å². The highest BCUT2D eigenvalue weighted by Crippen LogP contribution is 2.21. The number of anilines is 1. The van der Waals surface area contributed by atoms with Gasteiger partial charge in [-0.3, -0.25) is 0 Å². The number of nitrogens with zero attached hydrogens (tertiary/aromatic N) is 1. The average Bonchev–Trinajstić information content (AvgIpc) is 2.59. The zero-order valence-electron chi connectivity index (χ0n) is 13.8. The zero-order chi connectivity index (χ0) is 16.9. The van der Waals surface area contributed by atoms with Gasteiger partial charge >= 0.3 is 0 Å². The van der Waals surface area contributed by atoms with Crippen LogP contribution in [-0.2, 0) is 0 Å². The summed E-state index contributed by atoms with van der Waals surface area (Å²) in [6.45, 7) is 4.13. The summed E-state index contributed by atoms with van der Waals surface area (Å²) in [5, 5.41) is 4.06. The SMILES string of the molecule is Cc1ccc(N=C(Nc2ccc(C)cc2)c2ccccc2Cl)cc1. The fourth-order valence-corrected chi connectivity index (χ4v) is 2.56. The van der Waals surface area contributed by atoms with Crippen molar-refractivity contribution in [2.75, 3.05) is 5.32 Å². The minimum atomic E-state index is 0.669. The number of aryl methyl sites for hydroxylation is 2. The molecule has 24 heavy (non-hydrogen) atoms. The lowest BCUT2D eigenvalue weighted by Gasteiger charge is -2.12. The highest BCUT2D eigenvalue weighted by Gasteiger charge is 2.09. The van der Waals surface area contributed by atoms with E-state index in [2.05, 4.69) is 43.4 Å². The van der Waals surface area contributed by atoms with Crippen molar-refractivity contribution in [3.8, 4) is 0 Å². The molecule has 0 radical (unpaired) electrons. The monoisotopic (exact) mass is 334 g/mol. The van der Waals surface area contributed by atoms with Gasteiger partial charge in [0, 0.05) is 11.3 Å². The molecule has 0 spiro atoms. The van der Waals surface area contributed by atoms with Gasteiger partial charge in [0.1, 0.15) is 5.84 Å². The highest BCUT2D eigenvalue weighted by atomic mass is 35.5. The molecule has 0 unspecified atom stereocenters. The summed E-state index contributed by atoms with van der Waals surface area (Å²) in [6.07, 6.45) is 0. The Hall–Kier alpha value is -2.58. The Morgan fingerprint density at radius 1 is 0.792 bits per heavy atom. The highest BCUT2D eigenvalue weighted by molar-refractivity contribution is 6.35. The third-order valence-electron chi connectivity index (χ3n) is 3.72. The van der Waals surface area contributed by atoms with E-state index in [0.717, 1.165) is 22.8 Å². The first kappa shape index (κ1) is 16.3. The molecule has 0 aliphatic heterocycles. The van der Waals surface area contributed by atoms with Crippen LogP contribution in [-0.4, -0.2) is 5.84 Å². The predicted octanol–water partition coefficient (Wildman–Crippen LogP) is 6.15. The summed E-state index contributed by atoms with van der Waals surface area (Å²) in [6, 6.07) is 24.0. The predicted molar refractivity (Wildman–Crippen MR) is 104 cm³/mol. The zero-order valence-corrected chi connectivity index (χ0v) is 14.5. The lowest BCUT2D eigenvalue weighted by atomic mass is 10.1. The molecule has 0 atom stereocenters.